The zero-order valence-electron chi connectivity index (χ0n) is 16.7. The smallest absolute Gasteiger partial charge is 0.382 e. The molecule has 2 atom stereocenters. The van der Waals surface area contributed by atoms with Crippen LogP contribution >= 0.6 is 15.9 Å². The standard InChI is InChI=1S/C25H23BrF3NO/c26-22(21-14-8-3-9-15-21)16-23(24(31)25(27,28)29)30(17-19-10-4-1-5-11-19)18-20-12-6-2-7-13-20/h1-16,23-24,31H,17-18H2/b22-16-/t23-,24-/m0/s1. The zero-order valence-corrected chi connectivity index (χ0v) is 18.3. The van der Waals surface area contributed by atoms with Gasteiger partial charge in [0.15, 0.2) is 6.10 Å². The van der Waals surface area contributed by atoms with Gasteiger partial charge in [-0.2, -0.15) is 13.2 Å². The molecule has 0 aliphatic carbocycles. The molecule has 0 saturated heterocycles. The minimum atomic E-state index is -4.77. The third kappa shape index (κ3) is 6.79. The quantitative estimate of drug-likeness (QED) is 0.394. The SMILES string of the molecule is O[C@@H]([C@H](/C=C(\Br)c1ccccc1)N(Cc1ccccc1)Cc1ccccc1)C(F)(F)F. The predicted molar refractivity (Wildman–Crippen MR) is 121 cm³/mol. The summed E-state index contributed by atoms with van der Waals surface area (Å²) in [5.41, 5.74) is 2.46. The van der Waals surface area contributed by atoms with Crippen LogP contribution in [0.15, 0.2) is 97.1 Å². The van der Waals surface area contributed by atoms with Crippen LogP contribution in [-0.2, 0) is 13.1 Å². The first-order chi connectivity index (χ1) is 14.8. The van der Waals surface area contributed by atoms with E-state index in [0.29, 0.717) is 4.48 Å². The Morgan fingerprint density at radius 1 is 0.806 bits per heavy atom. The molecule has 3 aromatic carbocycles. The van der Waals surface area contributed by atoms with Crippen molar-refractivity contribution >= 4 is 20.4 Å². The minimum Gasteiger partial charge on any atom is -0.382 e. The van der Waals surface area contributed by atoms with Crippen molar-refractivity contribution in [1.82, 2.24) is 4.90 Å². The van der Waals surface area contributed by atoms with Crippen LogP contribution in [0.4, 0.5) is 13.2 Å². The lowest BCUT2D eigenvalue weighted by Crippen LogP contribution is -2.48. The van der Waals surface area contributed by atoms with E-state index in [4.69, 9.17) is 0 Å². The first-order valence-corrected chi connectivity index (χ1v) is 10.6. The number of nitrogens with zero attached hydrogens (tertiary/aromatic N) is 1. The predicted octanol–water partition coefficient (Wildman–Crippen LogP) is 6.42. The average molecular weight is 490 g/mol. The van der Waals surface area contributed by atoms with Gasteiger partial charge in [-0.25, -0.2) is 0 Å². The van der Waals surface area contributed by atoms with Crippen molar-refractivity contribution in [3.63, 3.8) is 0 Å². The Hall–Kier alpha value is -2.41. The minimum absolute atomic E-state index is 0.249. The summed E-state index contributed by atoms with van der Waals surface area (Å²) in [6.07, 6.45) is -5.87. The second-order valence-corrected chi connectivity index (χ2v) is 8.09. The molecule has 6 heteroatoms. The van der Waals surface area contributed by atoms with E-state index < -0.39 is 18.3 Å². The molecule has 0 unspecified atom stereocenters. The van der Waals surface area contributed by atoms with Gasteiger partial charge in [0.25, 0.3) is 0 Å². The van der Waals surface area contributed by atoms with Crippen molar-refractivity contribution in [1.29, 1.82) is 0 Å². The van der Waals surface area contributed by atoms with Crippen molar-refractivity contribution in [2.24, 2.45) is 0 Å². The molecule has 0 saturated carbocycles. The molecular formula is C25H23BrF3NO. The van der Waals surface area contributed by atoms with Gasteiger partial charge in [0.1, 0.15) is 0 Å². The summed E-state index contributed by atoms with van der Waals surface area (Å²) in [5.74, 6) is 0. The fourth-order valence-electron chi connectivity index (χ4n) is 3.34. The number of aliphatic hydroxyl groups is 1. The van der Waals surface area contributed by atoms with Crippen LogP contribution in [-0.4, -0.2) is 28.3 Å². The van der Waals surface area contributed by atoms with Crippen LogP contribution in [0, 0.1) is 0 Å². The Kier molecular flexibility index (Phi) is 8.07. The summed E-state index contributed by atoms with van der Waals surface area (Å²) < 4.78 is 41.5. The highest BCUT2D eigenvalue weighted by Crippen LogP contribution is 2.31. The second kappa shape index (κ2) is 10.8. The van der Waals surface area contributed by atoms with Gasteiger partial charge in [-0.1, -0.05) is 107 Å². The number of hydrogen-bond donors (Lipinski definition) is 1. The Balaban J connectivity index is 2.02. The van der Waals surface area contributed by atoms with Crippen molar-refractivity contribution in [2.75, 3.05) is 0 Å². The normalized spacial score (nSPS) is 14.5. The van der Waals surface area contributed by atoms with Crippen LogP contribution < -0.4 is 0 Å². The van der Waals surface area contributed by atoms with E-state index in [9.17, 15) is 18.3 Å². The summed E-state index contributed by atoms with van der Waals surface area (Å²) in [6.45, 7) is 0.498. The third-order valence-electron chi connectivity index (χ3n) is 4.90. The van der Waals surface area contributed by atoms with Gasteiger partial charge in [0, 0.05) is 17.6 Å². The van der Waals surface area contributed by atoms with Gasteiger partial charge in [-0.15, -0.1) is 0 Å². The molecule has 1 N–H and O–H groups in total. The summed E-state index contributed by atoms with van der Waals surface area (Å²) in [5, 5.41) is 10.3. The Bertz CT molecular complexity index is 921. The van der Waals surface area contributed by atoms with E-state index >= 15 is 0 Å². The van der Waals surface area contributed by atoms with Crippen molar-refractivity contribution in [2.45, 2.75) is 31.4 Å². The van der Waals surface area contributed by atoms with Crippen LogP contribution in [0.1, 0.15) is 16.7 Å². The van der Waals surface area contributed by atoms with Gasteiger partial charge in [0.05, 0.1) is 6.04 Å². The number of benzene rings is 3. The van der Waals surface area contributed by atoms with Crippen molar-refractivity contribution < 1.29 is 18.3 Å². The molecule has 0 fully saturated rings. The topological polar surface area (TPSA) is 23.5 Å². The highest BCUT2D eigenvalue weighted by atomic mass is 79.9. The van der Waals surface area contributed by atoms with Crippen molar-refractivity contribution in [3.8, 4) is 0 Å². The lowest BCUT2D eigenvalue weighted by Gasteiger charge is -2.34. The fraction of sp³-hybridized carbons (Fsp3) is 0.200. The molecule has 3 aromatic rings. The molecule has 2 nitrogen and oxygen atoms in total. The summed E-state index contributed by atoms with van der Waals surface area (Å²) in [6, 6.07) is 26.3. The van der Waals surface area contributed by atoms with Gasteiger partial charge < -0.3 is 5.11 Å². The molecule has 0 spiro atoms. The maximum absolute atomic E-state index is 13.7. The van der Waals surface area contributed by atoms with E-state index in [2.05, 4.69) is 15.9 Å². The van der Waals surface area contributed by atoms with Gasteiger partial charge >= 0.3 is 6.18 Å². The molecule has 0 radical (unpaired) electrons. The van der Waals surface area contributed by atoms with E-state index in [0.717, 1.165) is 16.7 Å². The van der Waals surface area contributed by atoms with Crippen LogP contribution in [0.3, 0.4) is 0 Å². The van der Waals surface area contributed by atoms with Crippen molar-refractivity contribution in [3.05, 3.63) is 114 Å². The Morgan fingerprint density at radius 3 is 1.65 bits per heavy atom. The fourth-order valence-corrected chi connectivity index (χ4v) is 3.87. The first-order valence-electron chi connectivity index (χ1n) is 9.84. The number of rotatable bonds is 8. The maximum atomic E-state index is 13.7. The first kappa shape index (κ1) is 23.3. The second-order valence-electron chi connectivity index (χ2n) is 7.23. The molecule has 162 valence electrons. The number of hydrogen-bond acceptors (Lipinski definition) is 2. The molecule has 31 heavy (non-hydrogen) atoms. The highest BCUT2D eigenvalue weighted by molar-refractivity contribution is 9.15. The molecular weight excluding hydrogens is 467 g/mol. The third-order valence-corrected chi connectivity index (χ3v) is 5.63. The van der Waals surface area contributed by atoms with Gasteiger partial charge in [0.2, 0.25) is 0 Å². The molecule has 0 bridgehead atoms. The molecule has 3 rings (SSSR count). The molecule has 0 heterocycles. The summed E-state index contributed by atoms with van der Waals surface area (Å²) >= 11 is 3.42. The lowest BCUT2D eigenvalue weighted by molar-refractivity contribution is -0.217. The largest absolute Gasteiger partial charge is 0.416 e. The van der Waals surface area contributed by atoms with Gasteiger partial charge in [-0.3, -0.25) is 4.90 Å². The number of alkyl halides is 3. The average Bonchev–Trinajstić information content (AvgIpc) is 2.78. The summed E-state index contributed by atoms with van der Waals surface area (Å²) in [4.78, 5) is 1.65. The molecule has 0 aromatic heterocycles. The number of halogens is 4. The number of aliphatic hydroxyl groups excluding tert-OH is 1. The monoisotopic (exact) mass is 489 g/mol. The van der Waals surface area contributed by atoms with Crippen LogP contribution in [0.2, 0.25) is 0 Å². The summed E-state index contributed by atoms with van der Waals surface area (Å²) in [7, 11) is 0. The molecule has 0 amide bonds. The molecule has 0 aliphatic rings. The Morgan fingerprint density at radius 2 is 1.23 bits per heavy atom. The van der Waals surface area contributed by atoms with E-state index in [1.807, 2.05) is 78.9 Å². The highest BCUT2D eigenvalue weighted by Gasteiger charge is 2.45. The zero-order chi connectivity index (χ0) is 22.3. The van der Waals surface area contributed by atoms with Gasteiger partial charge in [-0.05, 0) is 22.8 Å². The maximum Gasteiger partial charge on any atom is 0.416 e. The van der Waals surface area contributed by atoms with E-state index in [-0.39, 0.29) is 13.1 Å². The van der Waals surface area contributed by atoms with E-state index in [1.54, 1.807) is 17.0 Å². The molecule has 0 aliphatic heterocycles. The Labute approximate surface area is 188 Å². The lowest BCUT2D eigenvalue weighted by atomic mass is 10.0. The van der Waals surface area contributed by atoms with Crippen LogP contribution in [0.25, 0.3) is 4.48 Å². The van der Waals surface area contributed by atoms with Crippen LogP contribution in [0.5, 0.6) is 0 Å². The van der Waals surface area contributed by atoms with E-state index in [1.165, 1.54) is 6.08 Å².